The van der Waals surface area contributed by atoms with Crippen LogP contribution in [0.5, 0.6) is 11.5 Å². The Hall–Kier alpha value is -3.38. The number of ether oxygens (including phenoxy) is 2. The van der Waals surface area contributed by atoms with Gasteiger partial charge in [-0.05, 0) is 59.4 Å². The molecular weight excluding hydrogens is 443 g/mol. The summed E-state index contributed by atoms with van der Waals surface area (Å²) in [6.45, 7) is 3.46. The summed E-state index contributed by atoms with van der Waals surface area (Å²) >= 11 is 0. The summed E-state index contributed by atoms with van der Waals surface area (Å²) in [5.74, 6) is 1.10. The lowest BCUT2D eigenvalue weighted by Gasteiger charge is -2.42. The van der Waals surface area contributed by atoms with Gasteiger partial charge in [0, 0.05) is 19.1 Å². The zero-order valence-corrected chi connectivity index (χ0v) is 20.6. The normalized spacial score (nSPS) is 16.3. The van der Waals surface area contributed by atoms with E-state index in [1.807, 2.05) is 48.5 Å². The van der Waals surface area contributed by atoms with Gasteiger partial charge >= 0.3 is 0 Å². The zero-order valence-electron chi connectivity index (χ0n) is 20.6. The second kappa shape index (κ2) is 11.4. The van der Waals surface area contributed by atoms with Gasteiger partial charge in [0.05, 0.1) is 26.7 Å². The summed E-state index contributed by atoms with van der Waals surface area (Å²) in [6.07, 6.45) is 1.90. The Labute approximate surface area is 206 Å². The van der Waals surface area contributed by atoms with E-state index in [4.69, 9.17) is 9.47 Å². The molecule has 0 saturated carbocycles. The standard InChI is InChI=1S/C29H33FN2O3/c1-4-25(31-28(33)16-20-9-6-5-7-10-20)29-24-18-27(35-3)26(34-2)17-22(24)13-14-32(29)19-21-11-8-12-23(30)15-21/h5-12,15,17-18,25,29H,4,13-14,16,19H2,1-3H3,(H,31,33). The highest BCUT2D eigenvalue weighted by Gasteiger charge is 2.35. The predicted octanol–water partition coefficient (Wildman–Crippen LogP) is 5.08. The molecule has 0 aliphatic carbocycles. The molecule has 0 fully saturated rings. The maximum atomic E-state index is 13.9. The van der Waals surface area contributed by atoms with E-state index in [1.54, 1.807) is 26.4 Å². The maximum absolute atomic E-state index is 13.9. The van der Waals surface area contributed by atoms with Gasteiger partial charge in [-0.1, -0.05) is 49.4 Å². The fourth-order valence-corrected chi connectivity index (χ4v) is 4.99. The van der Waals surface area contributed by atoms with Crippen molar-refractivity contribution < 1.29 is 18.7 Å². The van der Waals surface area contributed by atoms with E-state index in [-0.39, 0.29) is 23.8 Å². The van der Waals surface area contributed by atoms with Crippen molar-refractivity contribution in [1.82, 2.24) is 10.2 Å². The van der Waals surface area contributed by atoms with Crippen LogP contribution in [-0.4, -0.2) is 37.6 Å². The lowest BCUT2D eigenvalue weighted by atomic mass is 9.86. The molecule has 1 amide bonds. The second-order valence-corrected chi connectivity index (χ2v) is 8.95. The van der Waals surface area contributed by atoms with Crippen molar-refractivity contribution in [3.63, 3.8) is 0 Å². The van der Waals surface area contributed by atoms with Crippen LogP contribution < -0.4 is 14.8 Å². The number of methoxy groups -OCH3 is 2. The molecule has 1 aliphatic heterocycles. The van der Waals surface area contributed by atoms with Crippen molar-refractivity contribution in [2.75, 3.05) is 20.8 Å². The number of rotatable bonds is 9. The van der Waals surface area contributed by atoms with Gasteiger partial charge in [-0.15, -0.1) is 0 Å². The molecule has 0 saturated heterocycles. The molecule has 3 aromatic rings. The van der Waals surface area contributed by atoms with E-state index < -0.39 is 0 Å². The van der Waals surface area contributed by atoms with Crippen molar-refractivity contribution in [3.8, 4) is 11.5 Å². The molecule has 1 heterocycles. The number of amides is 1. The third-order valence-electron chi connectivity index (χ3n) is 6.68. The van der Waals surface area contributed by atoms with Gasteiger partial charge in [0.25, 0.3) is 0 Å². The SMILES string of the molecule is CCC(NC(=O)Cc1ccccc1)C1c2cc(OC)c(OC)cc2CCN1Cc1cccc(F)c1. The summed E-state index contributed by atoms with van der Waals surface area (Å²) in [6, 6.07) is 20.3. The molecule has 184 valence electrons. The van der Waals surface area contributed by atoms with E-state index in [0.717, 1.165) is 36.1 Å². The smallest absolute Gasteiger partial charge is 0.224 e. The van der Waals surface area contributed by atoms with Crippen LogP contribution in [0.25, 0.3) is 0 Å². The van der Waals surface area contributed by atoms with Gasteiger partial charge in [-0.3, -0.25) is 9.69 Å². The van der Waals surface area contributed by atoms with Gasteiger partial charge in [-0.2, -0.15) is 0 Å². The van der Waals surface area contributed by atoms with Gasteiger partial charge < -0.3 is 14.8 Å². The first-order valence-corrected chi connectivity index (χ1v) is 12.1. The van der Waals surface area contributed by atoms with Crippen molar-refractivity contribution in [2.45, 2.75) is 44.8 Å². The number of hydrogen-bond donors (Lipinski definition) is 1. The fraction of sp³-hybridized carbons (Fsp3) is 0.345. The molecule has 35 heavy (non-hydrogen) atoms. The largest absolute Gasteiger partial charge is 0.493 e. The topological polar surface area (TPSA) is 50.8 Å². The molecule has 1 N–H and O–H groups in total. The molecule has 6 heteroatoms. The molecule has 0 radical (unpaired) electrons. The number of carbonyl (C=O) groups excluding carboxylic acids is 1. The third-order valence-corrected chi connectivity index (χ3v) is 6.68. The summed E-state index contributed by atoms with van der Waals surface area (Å²) in [7, 11) is 3.27. The average molecular weight is 477 g/mol. The molecule has 1 aliphatic rings. The minimum Gasteiger partial charge on any atom is -0.493 e. The van der Waals surface area contributed by atoms with Crippen molar-refractivity contribution >= 4 is 5.91 Å². The highest BCUT2D eigenvalue weighted by Crippen LogP contribution is 2.40. The number of nitrogens with one attached hydrogen (secondary N) is 1. The lowest BCUT2D eigenvalue weighted by molar-refractivity contribution is -0.121. The van der Waals surface area contributed by atoms with Crippen LogP contribution in [0.3, 0.4) is 0 Å². The number of halogens is 1. The van der Waals surface area contributed by atoms with Gasteiger partial charge in [0.15, 0.2) is 11.5 Å². The molecule has 2 unspecified atom stereocenters. The Kier molecular flexibility index (Phi) is 8.03. The molecule has 4 rings (SSSR count). The number of carbonyl (C=O) groups is 1. The minimum absolute atomic E-state index is 0.0126. The molecule has 0 spiro atoms. The van der Waals surface area contributed by atoms with E-state index in [0.29, 0.717) is 24.5 Å². The van der Waals surface area contributed by atoms with E-state index in [9.17, 15) is 9.18 Å². The summed E-state index contributed by atoms with van der Waals surface area (Å²) in [4.78, 5) is 15.4. The van der Waals surface area contributed by atoms with Crippen LogP contribution in [0, 0.1) is 5.82 Å². The maximum Gasteiger partial charge on any atom is 0.224 e. The fourth-order valence-electron chi connectivity index (χ4n) is 4.99. The van der Waals surface area contributed by atoms with Crippen molar-refractivity contribution in [3.05, 3.63) is 94.8 Å². The highest BCUT2D eigenvalue weighted by molar-refractivity contribution is 5.79. The minimum atomic E-state index is -0.244. The number of benzene rings is 3. The van der Waals surface area contributed by atoms with Crippen molar-refractivity contribution in [1.29, 1.82) is 0 Å². The highest BCUT2D eigenvalue weighted by atomic mass is 19.1. The summed E-state index contributed by atoms with van der Waals surface area (Å²) in [5, 5.41) is 3.29. The lowest BCUT2D eigenvalue weighted by Crippen LogP contribution is -2.48. The Balaban J connectivity index is 1.67. The Morgan fingerprint density at radius 3 is 2.43 bits per heavy atom. The number of hydrogen-bond acceptors (Lipinski definition) is 4. The third kappa shape index (κ3) is 5.82. The summed E-state index contributed by atoms with van der Waals surface area (Å²) < 4.78 is 25.1. The summed E-state index contributed by atoms with van der Waals surface area (Å²) in [5.41, 5.74) is 4.17. The molecule has 0 bridgehead atoms. The quantitative estimate of drug-likeness (QED) is 0.468. The first-order valence-electron chi connectivity index (χ1n) is 12.1. The molecule has 3 aromatic carbocycles. The molecular formula is C29H33FN2O3. The molecule has 2 atom stereocenters. The van der Waals surface area contributed by atoms with Crippen LogP contribution >= 0.6 is 0 Å². The Morgan fingerprint density at radius 1 is 1.03 bits per heavy atom. The average Bonchev–Trinajstić information content (AvgIpc) is 2.87. The van der Waals surface area contributed by atoms with Gasteiger partial charge in [-0.25, -0.2) is 4.39 Å². The monoisotopic (exact) mass is 476 g/mol. The van der Waals surface area contributed by atoms with Crippen LogP contribution in [0.1, 0.15) is 41.6 Å². The predicted molar refractivity (Wildman–Crippen MR) is 135 cm³/mol. The van der Waals surface area contributed by atoms with E-state index in [1.165, 1.54) is 11.6 Å². The van der Waals surface area contributed by atoms with Crippen molar-refractivity contribution in [2.24, 2.45) is 0 Å². The Morgan fingerprint density at radius 2 is 1.74 bits per heavy atom. The second-order valence-electron chi connectivity index (χ2n) is 8.95. The van der Waals surface area contributed by atoms with Crippen LogP contribution in [0.15, 0.2) is 66.7 Å². The zero-order chi connectivity index (χ0) is 24.8. The molecule has 0 aromatic heterocycles. The van der Waals surface area contributed by atoms with Crippen LogP contribution in [0.2, 0.25) is 0 Å². The number of nitrogens with zero attached hydrogens (tertiary/aromatic N) is 1. The van der Waals surface area contributed by atoms with E-state index in [2.05, 4.69) is 17.1 Å². The van der Waals surface area contributed by atoms with Crippen LogP contribution in [0.4, 0.5) is 4.39 Å². The van der Waals surface area contributed by atoms with Gasteiger partial charge in [0.1, 0.15) is 5.82 Å². The van der Waals surface area contributed by atoms with E-state index >= 15 is 0 Å². The van der Waals surface area contributed by atoms with Gasteiger partial charge in [0.2, 0.25) is 5.91 Å². The molecule has 5 nitrogen and oxygen atoms in total. The first kappa shape index (κ1) is 24.7. The van der Waals surface area contributed by atoms with Crippen LogP contribution in [-0.2, 0) is 24.2 Å². The number of fused-ring (bicyclic) bond motifs is 1. The first-order chi connectivity index (χ1) is 17.0. The Bertz CT molecular complexity index is 1150.